The van der Waals surface area contributed by atoms with Gasteiger partial charge in [-0.1, -0.05) is 32.1 Å². The molecule has 0 bridgehead atoms. The van der Waals surface area contributed by atoms with Gasteiger partial charge in [0, 0.05) is 6.54 Å². The number of alkyl halides is 3. The summed E-state index contributed by atoms with van der Waals surface area (Å²) in [5, 5.41) is 2.24. The Hall–Kier alpha value is -0.780. The summed E-state index contributed by atoms with van der Waals surface area (Å²) in [5.74, 6) is -0.0214. The molecule has 0 aromatic carbocycles. The summed E-state index contributed by atoms with van der Waals surface area (Å²) >= 11 is 0. The largest absolute Gasteiger partial charge is 0.390 e. The molecular formula is C12H21F3N2O. The Bertz CT molecular complexity index is 263. The third kappa shape index (κ3) is 6.23. The first kappa shape index (κ1) is 15.3. The quantitative estimate of drug-likeness (QED) is 0.802. The van der Waals surface area contributed by atoms with Crippen molar-refractivity contribution in [2.24, 2.45) is 11.7 Å². The van der Waals surface area contributed by atoms with Gasteiger partial charge in [-0.2, -0.15) is 13.2 Å². The van der Waals surface area contributed by atoms with Crippen molar-refractivity contribution in [2.45, 2.75) is 57.2 Å². The lowest BCUT2D eigenvalue weighted by atomic mass is 9.85. The monoisotopic (exact) mass is 266 g/mol. The second-order valence-electron chi connectivity index (χ2n) is 5.00. The smallest absolute Gasteiger partial charge is 0.354 e. The maximum atomic E-state index is 11.9. The molecule has 1 saturated carbocycles. The van der Waals surface area contributed by atoms with Gasteiger partial charge in [0.1, 0.15) is 0 Å². The van der Waals surface area contributed by atoms with E-state index < -0.39 is 24.5 Å². The first-order valence-electron chi connectivity index (χ1n) is 6.48. The summed E-state index contributed by atoms with van der Waals surface area (Å²) in [6.07, 6.45) is 1.03. The molecule has 1 rings (SSSR count). The van der Waals surface area contributed by atoms with Crippen LogP contribution in [0.15, 0.2) is 0 Å². The van der Waals surface area contributed by atoms with E-state index in [9.17, 15) is 18.0 Å². The zero-order valence-corrected chi connectivity index (χ0v) is 10.4. The number of nitrogens with one attached hydrogen (secondary N) is 1. The van der Waals surface area contributed by atoms with E-state index in [0.717, 1.165) is 25.7 Å². The molecule has 1 unspecified atom stereocenters. The van der Waals surface area contributed by atoms with Crippen LogP contribution in [0.5, 0.6) is 0 Å². The molecule has 0 saturated heterocycles. The van der Waals surface area contributed by atoms with Crippen molar-refractivity contribution < 1.29 is 18.0 Å². The number of carbonyl (C=O) groups excluding carboxylic acids is 1. The summed E-state index contributed by atoms with van der Waals surface area (Å²) in [6, 6.07) is -0.679. The fourth-order valence-electron chi connectivity index (χ4n) is 2.35. The van der Waals surface area contributed by atoms with E-state index in [4.69, 9.17) is 5.73 Å². The third-order valence-corrected chi connectivity index (χ3v) is 3.36. The molecule has 0 aliphatic heterocycles. The van der Waals surface area contributed by atoms with E-state index in [1.54, 1.807) is 0 Å². The lowest BCUT2D eigenvalue weighted by Crippen LogP contribution is -2.43. The fourth-order valence-corrected chi connectivity index (χ4v) is 2.35. The molecule has 1 aliphatic carbocycles. The second-order valence-corrected chi connectivity index (χ2v) is 5.00. The summed E-state index contributed by atoms with van der Waals surface area (Å²) in [7, 11) is 0. The van der Waals surface area contributed by atoms with Gasteiger partial charge >= 0.3 is 6.18 Å². The zero-order valence-electron chi connectivity index (χ0n) is 10.4. The van der Waals surface area contributed by atoms with Crippen molar-refractivity contribution in [3.63, 3.8) is 0 Å². The highest BCUT2D eigenvalue weighted by molar-refractivity contribution is 5.81. The van der Waals surface area contributed by atoms with Crippen LogP contribution in [0.1, 0.15) is 44.9 Å². The minimum atomic E-state index is -4.24. The summed E-state index contributed by atoms with van der Waals surface area (Å²) in [4.78, 5) is 11.5. The SMILES string of the molecule is NC(CC1CCCCC1)C(=O)NCCC(F)(F)F. The van der Waals surface area contributed by atoms with Crippen LogP contribution in [-0.4, -0.2) is 24.7 Å². The Labute approximate surface area is 105 Å². The molecule has 1 aliphatic rings. The molecule has 3 N–H and O–H groups in total. The van der Waals surface area contributed by atoms with E-state index in [1.165, 1.54) is 6.42 Å². The predicted molar refractivity (Wildman–Crippen MR) is 62.8 cm³/mol. The van der Waals surface area contributed by atoms with Gasteiger partial charge in [-0.15, -0.1) is 0 Å². The van der Waals surface area contributed by atoms with Crippen molar-refractivity contribution in [3.8, 4) is 0 Å². The molecule has 3 nitrogen and oxygen atoms in total. The molecule has 0 radical (unpaired) electrons. The third-order valence-electron chi connectivity index (χ3n) is 3.36. The lowest BCUT2D eigenvalue weighted by Gasteiger charge is -2.24. The topological polar surface area (TPSA) is 55.1 Å². The maximum absolute atomic E-state index is 11.9. The molecule has 0 aromatic rings. The number of hydrogen-bond acceptors (Lipinski definition) is 2. The van der Waals surface area contributed by atoms with Crippen LogP contribution in [0.2, 0.25) is 0 Å². The molecule has 0 aromatic heterocycles. The van der Waals surface area contributed by atoms with E-state index in [2.05, 4.69) is 5.32 Å². The standard InChI is InChI=1S/C12H21F3N2O/c13-12(14,15)6-7-17-11(18)10(16)8-9-4-2-1-3-5-9/h9-10H,1-8,16H2,(H,17,18). The molecular weight excluding hydrogens is 245 g/mol. The number of amides is 1. The Morgan fingerprint density at radius 2 is 1.89 bits per heavy atom. The van der Waals surface area contributed by atoms with Crippen LogP contribution < -0.4 is 11.1 Å². The number of nitrogens with two attached hydrogens (primary N) is 1. The zero-order chi connectivity index (χ0) is 13.6. The molecule has 1 atom stereocenters. The first-order valence-corrected chi connectivity index (χ1v) is 6.48. The molecule has 1 fully saturated rings. The average molecular weight is 266 g/mol. The van der Waals surface area contributed by atoms with Gasteiger partial charge in [-0.3, -0.25) is 4.79 Å². The van der Waals surface area contributed by atoms with Crippen molar-refractivity contribution >= 4 is 5.91 Å². The van der Waals surface area contributed by atoms with Crippen LogP contribution in [0, 0.1) is 5.92 Å². The molecule has 18 heavy (non-hydrogen) atoms. The molecule has 0 heterocycles. The fraction of sp³-hybridized carbons (Fsp3) is 0.917. The highest BCUT2D eigenvalue weighted by Crippen LogP contribution is 2.27. The lowest BCUT2D eigenvalue weighted by molar-refractivity contribution is -0.136. The number of hydrogen-bond donors (Lipinski definition) is 2. The van der Waals surface area contributed by atoms with Crippen molar-refractivity contribution in [2.75, 3.05) is 6.54 Å². The van der Waals surface area contributed by atoms with Gasteiger partial charge in [-0.25, -0.2) is 0 Å². The molecule has 6 heteroatoms. The molecule has 106 valence electrons. The van der Waals surface area contributed by atoms with Gasteiger partial charge in [0.15, 0.2) is 0 Å². The van der Waals surface area contributed by atoms with E-state index in [-0.39, 0.29) is 6.54 Å². The Morgan fingerprint density at radius 3 is 2.44 bits per heavy atom. The van der Waals surface area contributed by atoms with Crippen molar-refractivity contribution in [3.05, 3.63) is 0 Å². The average Bonchev–Trinajstić information content (AvgIpc) is 2.28. The Morgan fingerprint density at radius 1 is 1.28 bits per heavy atom. The number of carbonyl (C=O) groups is 1. The van der Waals surface area contributed by atoms with Crippen LogP contribution in [0.4, 0.5) is 13.2 Å². The molecule has 1 amide bonds. The maximum Gasteiger partial charge on any atom is 0.390 e. The van der Waals surface area contributed by atoms with Crippen LogP contribution in [0.3, 0.4) is 0 Å². The van der Waals surface area contributed by atoms with Gasteiger partial charge in [0.05, 0.1) is 12.5 Å². The number of rotatable bonds is 5. The highest BCUT2D eigenvalue weighted by Gasteiger charge is 2.27. The van der Waals surface area contributed by atoms with Crippen molar-refractivity contribution in [1.29, 1.82) is 0 Å². The minimum Gasteiger partial charge on any atom is -0.354 e. The summed E-state index contributed by atoms with van der Waals surface area (Å²) in [5.41, 5.74) is 5.70. The van der Waals surface area contributed by atoms with Gasteiger partial charge in [0.2, 0.25) is 5.91 Å². The van der Waals surface area contributed by atoms with Crippen LogP contribution in [0.25, 0.3) is 0 Å². The summed E-state index contributed by atoms with van der Waals surface area (Å²) in [6.45, 7) is -0.388. The van der Waals surface area contributed by atoms with E-state index in [1.807, 2.05) is 0 Å². The van der Waals surface area contributed by atoms with E-state index in [0.29, 0.717) is 12.3 Å². The van der Waals surface area contributed by atoms with Crippen molar-refractivity contribution in [1.82, 2.24) is 5.32 Å². The highest BCUT2D eigenvalue weighted by atomic mass is 19.4. The Kier molecular flexibility index (Phi) is 5.91. The minimum absolute atomic E-state index is 0.388. The predicted octanol–water partition coefficient (Wildman–Crippen LogP) is 2.35. The Balaban J connectivity index is 2.19. The van der Waals surface area contributed by atoms with Crippen LogP contribution in [-0.2, 0) is 4.79 Å². The number of halogens is 3. The van der Waals surface area contributed by atoms with Gasteiger partial charge in [-0.05, 0) is 12.3 Å². The molecule has 0 spiro atoms. The van der Waals surface area contributed by atoms with Gasteiger partial charge < -0.3 is 11.1 Å². The van der Waals surface area contributed by atoms with Gasteiger partial charge in [0.25, 0.3) is 0 Å². The normalized spacial score (nSPS) is 19.6. The first-order chi connectivity index (χ1) is 8.38. The van der Waals surface area contributed by atoms with Crippen LogP contribution >= 0.6 is 0 Å². The second kappa shape index (κ2) is 6.97. The summed E-state index contributed by atoms with van der Waals surface area (Å²) < 4.78 is 35.7. The van der Waals surface area contributed by atoms with E-state index >= 15 is 0 Å².